The van der Waals surface area contributed by atoms with Crippen LogP contribution < -0.4 is 10.6 Å². The highest BCUT2D eigenvalue weighted by atomic mass is 16.5. The molecule has 0 saturated carbocycles. The third-order valence-electron chi connectivity index (χ3n) is 2.11. The molecule has 3 N–H and O–H groups in total. The second-order valence-electron chi connectivity index (χ2n) is 4.73. The number of nitrogens with zero attached hydrogens (tertiary/aromatic N) is 1. The number of hydrogen-bond acceptors (Lipinski definition) is 3. The van der Waals surface area contributed by atoms with Crippen molar-refractivity contribution >= 4 is 5.96 Å². The van der Waals surface area contributed by atoms with E-state index in [9.17, 15) is 5.11 Å². The van der Waals surface area contributed by atoms with Crippen LogP contribution in [0.25, 0.3) is 0 Å². The van der Waals surface area contributed by atoms with Crippen molar-refractivity contribution in [2.75, 3.05) is 32.8 Å². The standard InChI is InChI=1S/C13H29N3O2/c1-5-7-15-13(14-6-2)16-8-12(17)10-18-9-11(3)4/h11-12,17H,5-10H2,1-4H3,(H2,14,15,16). The van der Waals surface area contributed by atoms with E-state index >= 15 is 0 Å². The maximum absolute atomic E-state index is 9.72. The molecule has 0 aliphatic carbocycles. The number of rotatable bonds is 9. The zero-order valence-corrected chi connectivity index (χ0v) is 12.2. The van der Waals surface area contributed by atoms with Crippen molar-refractivity contribution in [3.8, 4) is 0 Å². The van der Waals surface area contributed by atoms with Crippen molar-refractivity contribution in [1.29, 1.82) is 0 Å². The maximum Gasteiger partial charge on any atom is 0.191 e. The summed E-state index contributed by atoms with van der Waals surface area (Å²) in [6.07, 6.45) is 0.505. The molecule has 0 amide bonds. The molecule has 0 aromatic heterocycles. The third-order valence-corrected chi connectivity index (χ3v) is 2.11. The van der Waals surface area contributed by atoms with E-state index < -0.39 is 6.10 Å². The summed E-state index contributed by atoms with van der Waals surface area (Å²) in [5, 5.41) is 16.0. The average molecular weight is 259 g/mol. The van der Waals surface area contributed by atoms with Crippen molar-refractivity contribution in [1.82, 2.24) is 10.6 Å². The summed E-state index contributed by atoms with van der Waals surface area (Å²) in [5.74, 6) is 1.24. The van der Waals surface area contributed by atoms with Gasteiger partial charge in [0.15, 0.2) is 5.96 Å². The van der Waals surface area contributed by atoms with E-state index in [1.54, 1.807) is 0 Å². The first-order valence-electron chi connectivity index (χ1n) is 6.88. The zero-order valence-electron chi connectivity index (χ0n) is 12.2. The summed E-state index contributed by atoms with van der Waals surface area (Å²) < 4.78 is 5.37. The summed E-state index contributed by atoms with van der Waals surface area (Å²) in [6.45, 7) is 11.4. The van der Waals surface area contributed by atoms with Gasteiger partial charge in [0.1, 0.15) is 0 Å². The molecule has 1 atom stereocenters. The molecule has 0 heterocycles. The molecule has 5 heteroatoms. The molecule has 0 saturated heterocycles. The molecule has 0 spiro atoms. The first-order chi connectivity index (χ1) is 8.60. The molecule has 0 radical (unpaired) electrons. The molecule has 0 aliphatic heterocycles. The van der Waals surface area contributed by atoms with Gasteiger partial charge < -0.3 is 20.5 Å². The Labute approximate surface area is 111 Å². The number of guanidine groups is 1. The van der Waals surface area contributed by atoms with Gasteiger partial charge in [-0.3, -0.25) is 4.99 Å². The number of hydrogen-bond donors (Lipinski definition) is 3. The lowest BCUT2D eigenvalue weighted by molar-refractivity contribution is 0.0301. The fourth-order valence-corrected chi connectivity index (χ4v) is 1.27. The van der Waals surface area contributed by atoms with Crippen LogP contribution in [0.15, 0.2) is 4.99 Å². The van der Waals surface area contributed by atoms with Crippen LogP contribution in [0.3, 0.4) is 0 Å². The molecule has 108 valence electrons. The van der Waals surface area contributed by atoms with Crippen LogP contribution in [0.4, 0.5) is 0 Å². The Morgan fingerprint density at radius 3 is 2.50 bits per heavy atom. The van der Waals surface area contributed by atoms with Gasteiger partial charge in [0.05, 0.1) is 19.3 Å². The maximum atomic E-state index is 9.72. The molecular formula is C13H29N3O2. The van der Waals surface area contributed by atoms with Crippen molar-refractivity contribution in [3.63, 3.8) is 0 Å². The third kappa shape index (κ3) is 10.4. The Bertz CT molecular complexity index is 220. The van der Waals surface area contributed by atoms with Crippen LogP contribution in [0, 0.1) is 5.92 Å². The minimum atomic E-state index is -0.541. The highest BCUT2D eigenvalue weighted by molar-refractivity contribution is 5.79. The van der Waals surface area contributed by atoms with E-state index in [0.29, 0.717) is 25.7 Å². The number of ether oxygens (including phenoxy) is 1. The van der Waals surface area contributed by atoms with Gasteiger partial charge in [0.2, 0.25) is 0 Å². The lowest BCUT2D eigenvalue weighted by Crippen LogP contribution is -2.38. The minimum Gasteiger partial charge on any atom is -0.389 e. The fraction of sp³-hybridized carbons (Fsp3) is 0.923. The SMILES string of the molecule is CCCNC(=NCC(O)COCC(C)C)NCC. The average Bonchev–Trinajstić information content (AvgIpc) is 2.32. The molecule has 0 aromatic carbocycles. The van der Waals surface area contributed by atoms with E-state index in [4.69, 9.17) is 4.74 Å². The predicted molar refractivity (Wildman–Crippen MR) is 75.9 cm³/mol. The number of aliphatic hydroxyl groups excluding tert-OH is 1. The van der Waals surface area contributed by atoms with Gasteiger partial charge in [-0.05, 0) is 19.3 Å². The highest BCUT2D eigenvalue weighted by Crippen LogP contribution is 1.94. The van der Waals surface area contributed by atoms with Gasteiger partial charge in [-0.15, -0.1) is 0 Å². The van der Waals surface area contributed by atoms with Gasteiger partial charge in [-0.2, -0.15) is 0 Å². The highest BCUT2D eigenvalue weighted by Gasteiger charge is 2.05. The smallest absolute Gasteiger partial charge is 0.191 e. The number of nitrogens with one attached hydrogen (secondary N) is 2. The Morgan fingerprint density at radius 1 is 1.22 bits per heavy atom. The Balaban J connectivity index is 3.89. The fourth-order valence-electron chi connectivity index (χ4n) is 1.27. The monoisotopic (exact) mass is 259 g/mol. The topological polar surface area (TPSA) is 65.9 Å². The molecule has 18 heavy (non-hydrogen) atoms. The first kappa shape index (κ1) is 17.2. The molecular weight excluding hydrogens is 230 g/mol. The van der Waals surface area contributed by atoms with E-state index in [0.717, 1.165) is 25.5 Å². The predicted octanol–water partition coefficient (Wildman–Crippen LogP) is 0.985. The molecule has 0 rings (SSSR count). The summed E-state index contributed by atoms with van der Waals surface area (Å²) in [4.78, 5) is 4.31. The summed E-state index contributed by atoms with van der Waals surface area (Å²) in [7, 11) is 0. The second kappa shape index (κ2) is 11.3. The van der Waals surface area contributed by atoms with Crippen molar-refractivity contribution in [2.45, 2.75) is 40.2 Å². The lowest BCUT2D eigenvalue weighted by Gasteiger charge is -2.13. The van der Waals surface area contributed by atoms with Crippen LogP contribution in [-0.2, 0) is 4.74 Å². The second-order valence-corrected chi connectivity index (χ2v) is 4.73. The van der Waals surface area contributed by atoms with Gasteiger partial charge in [-0.25, -0.2) is 0 Å². The summed E-state index contributed by atoms with van der Waals surface area (Å²) >= 11 is 0. The molecule has 0 fully saturated rings. The Kier molecular flexibility index (Phi) is 10.8. The minimum absolute atomic E-state index is 0.342. The Hall–Kier alpha value is -0.810. The van der Waals surface area contributed by atoms with E-state index in [1.807, 2.05) is 6.92 Å². The molecule has 1 unspecified atom stereocenters. The van der Waals surface area contributed by atoms with Crippen LogP contribution in [-0.4, -0.2) is 50.0 Å². The van der Waals surface area contributed by atoms with Crippen LogP contribution in [0.1, 0.15) is 34.1 Å². The molecule has 5 nitrogen and oxygen atoms in total. The number of aliphatic imine (C=N–C) groups is 1. The van der Waals surface area contributed by atoms with Gasteiger partial charge >= 0.3 is 0 Å². The summed E-state index contributed by atoms with van der Waals surface area (Å²) in [5.41, 5.74) is 0. The van der Waals surface area contributed by atoms with E-state index in [1.165, 1.54) is 0 Å². The number of aliphatic hydroxyl groups is 1. The van der Waals surface area contributed by atoms with Crippen molar-refractivity contribution in [3.05, 3.63) is 0 Å². The normalized spacial score (nSPS) is 13.8. The van der Waals surface area contributed by atoms with Crippen molar-refractivity contribution < 1.29 is 9.84 Å². The van der Waals surface area contributed by atoms with Crippen molar-refractivity contribution in [2.24, 2.45) is 10.9 Å². The van der Waals surface area contributed by atoms with E-state index in [2.05, 4.69) is 36.4 Å². The van der Waals surface area contributed by atoms with Crippen LogP contribution in [0.2, 0.25) is 0 Å². The first-order valence-corrected chi connectivity index (χ1v) is 6.88. The van der Waals surface area contributed by atoms with E-state index in [-0.39, 0.29) is 0 Å². The van der Waals surface area contributed by atoms with Gasteiger partial charge in [0, 0.05) is 19.7 Å². The Morgan fingerprint density at radius 2 is 1.94 bits per heavy atom. The molecule has 0 aliphatic rings. The lowest BCUT2D eigenvalue weighted by atomic mass is 10.2. The largest absolute Gasteiger partial charge is 0.389 e. The zero-order chi connectivity index (χ0) is 13.8. The quantitative estimate of drug-likeness (QED) is 0.427. The van der Waals surface area contributed by atoms with Gasteiger partial charge in [0.25, 0.3) is 0 Å². The summed E-state index contributed by atoms with van der Waals surface area (Å²) in [6, 6.07) is 0. The van der Waals surface area contributed by atoms with Crippen LogP contribution in [0.5, 0.6) is 0 Å². The molecule has 0 aromatic rings. The van der Waals surface area contributed by atoms with Crippen LogP contribution >= 0.6 is 0 Å². The van der Waals surface area contributed by atoms with Gasteiger partial charge in [-0.1, -0.05) is 20.8 Å². The molecule has 0 bridgehead atoms.